The van der Waals surface area contributed by atoms with Crippen molar-refractivity contribution in [3.05, 3.63) is 243 Å². The van der Waals surface area contributed by atoms with Crippen LogP contribution in [-0.4, -0.2) is 4.57 Å². The van der Waals surface area contributed by atoms with E-state index in [1.165, 1.54) is 97.9 Å². The summed E-state index contributed by atoms with van der Waals surface area (Å²) in [5.74, 6) is 0. The number of para-hydroxylation sites is 1. The largest absolute Gasteiger partial charge is 0.310 e. The van der Waals surface area contributed by atoms with Gasteiger partial charge < -0.3 is 9.47 Å². The maximum absolute atomic E-state index is 2.44. The number of hydrogen-bond donors (Lipinski definition) is 0. The van der Waals surface area contributed by atoms with Crippen LogP contribution >= 0.6 is 0 Å². The highest BCUT2D eigenvalue weighted by Gasteiger charge is 2.18. The molecule has 0 saturated carbocycles. The van der Waals surface area contributed by atoms with Gasteiger partial charge in [-0.05, 0) is 131 Å². The molecule has 0 bridgehead atoms. The minimum atomic E-state index is 1.10. The average molecular weight is 813 g/mol. The van der Waals surface area contributed by atoms with Gasteiger partial charge >= 0.3 is 0 Å². The Hall–Kier alpha value is -8.46. The summed E-state index contributed by atoms with van der Waals surface area (Å²) >= 11 is 0. The third-order valence-electron chi connectivity index (χ3n) is 13.3. The van der Waals surface area contributed by atoms with Crippen molar-refractivity contribution in [3.63, 3.8) is 0 Å². The van der Waals surface area contributed by atoms with E-state index >= 15 is 0 Å². The number of hydrogen-bond acceptors (Lipinski definition) is 1. The molecule has 2 nitrogen and oxygen atoms in total. The van der Waals surface area contributed by atoms with Crippen LogP contribution in [0.4, 0.5) is 17.1 Å². The van der Waals surface area contributed by atoms with Crippen molar-refractivity contribution in [1.29, 1.82) is 0 Å². The Morgan fingerprint density at radius 2 is 0.766 bits per heavy atom. The second-order valence-electron chi connectivity index (χ2n) is 16.9. The average Bonchev–Trinajstić information content (AvgIpc) is 3.71. The first-order valence-corrected chi connectivity index (χ1v) is 22.1. The Morgan fingerprint density at radius 1 is 0.266 bits per heavy atom. The number of anilines is 3. The Balaban J connectivity index is 0.949. The van der Waals surface area contributed by atoms with E-state index in [1.54, 1.807) is 0 Å². The van der Waals surface area contributed by atoms with Gasteiger partial charge in [-0.25, -0.2) is 0 Å². The lowest BCUT2D eigenvalue weighted by Crippen LogP contribution is -2.10. The molecule has 298 valence electrons. The van der Waals surface area contributed by atoms with E-state index in [4.69, 9.17) is 0 Å². The summed E-state index contributed by atoms with van der Waals surface area (Å²) < 4.78 is 2.44. The van der Waals surface area contributed by atoms with Gasteiger partial charge in [0.05, 0.1) is 11.0 Å². The molecule has 12 aromatic carbocycles. The monoisotopic (exact) mass is 812 g/mol. The second kappa shape index (κ2) is 14.6. The van der Waals surface area contributed by atoms with Crippen molar-refractivity contribution in [2.75, 3.05) is 4.90 Å². The van der Waals surface area contributed by atoms with Crippen molar-refractivity contribution in [2.24, 2.45) is 0 Å². The third-order valence-corrected chi connectivity index (χ3v) is 13.3. The van der Waals surface area contributed by atoms with Gasteiger partial charge in [-0.2, -0.15) is 0 Å². The van der Waals surface area contributed by atoms with Crippen LogP contribution in [-0.2, 0) is 0 Å². The molecule has 0 atom stereocenters. The fourth-order valence-electron chi connectivity index (χ4n) is 10.3. The molecule has 0 saturated heterocycles. The van der Waals surface area contributed by atoms with Crippen molar-refractivity contribution < 1.29 is 0 Å². The topological polar surface area (TPSA) is 8.17 Å². The summed E-state index contributed by atoms with van der Waals surface area (Å²) in [5, 5.41) is 15.1. The molecule has 13 aromatic rings. The fraction of sp³-hybridized carbons (Fsp3) is 0. The van der Waals surface area contributed by atoms with E-state index in [1.807, 2.05) is 0 Å². The molecule has 0 spiro atoms. The van der Waals surface area contributed by atoms with Gasteiger partial charge in [0.15, 0.2) is 0 Å². The molecule has 0 aliphatic carbocycles. The molecule has 13 rings (SSSR count). The molecular weight excluding hydrogens is 773 g/mol. The van der Waals surface area contributed by atoms with Crippen LogP contribution in [0.2, 0.25) is 0 Å². The minimum absolute atomic E-state index is 1.10. The van der Waals surface area contributed by atoms with Crippen molar-refractivity contribution >= 4 is 92.7 Å². The van der Waals surface area contributed by atoms with Crippen LogP contribution < -0.4 is 4.90 Å². The number of aromatic nitrogens is 1. The molecule has 1 aromatic heterocycles. The highest BCUT2D eigenvalue weighted by molar-refractivity contribution is 6.19. The summed E-state index contributed by atoms with van der Waals surface area (Å²) in [7, 11) is 0. The van der Waals surface area contributed by atoms with Gasteiger partial charge in [0.1, 0.15) is 0 Å². The SMILES string of the molecule is c1ccc(-n2c3cc(-c4ccc(N(c5ccc(-c6cc7ccccc7c7ccccc67)cc5)c5ccc6ccc7ccccc7c6c5)cc4)ccc3c3ccc4ccccc4c32)cc1. The summed E-state index contributed by atoms with van der Waals surface area (Å²) in [6, 6.07) is 89.1. The first kappa shape index (κ1) is 36.2. The molecule has 0 N–H and O–H groups in total. The summed E-state index contributed by atoms with van der Waals surface area (Å²) in [5.41, 5.74) is 11.7. The predicted octanol–water partition coefficient (Wildman–Crippen LogP) is 17.4. The third kappa shape index (κ3) is 5.81. The van der Waals surface area contributed by atoms with Crippen LogP contribution in [0.5, 0.6) is 0 Å². The lowest BCUT2D eigenvalue weighted by Gasteiger charge is -2.26. The van der Waals surface area contributed by atoms with E-state index in [0.717, 1.165) is 22.7 Å². The van der Waals surface area contributed by atoms with E-state index in [-0.39, 0.29) is 0 Å². The van der Waals surface area contributed by atoms with Gasteiger partial charge in [0, 0.05) is 38.9 Å². The Bertz CT molecular complexity index is 3940. The first-order chi connectivity index (χ1) is 31.7. The van der Waals surface area contributed by atoms with E-state index in [9.17, 15) is 0 Å². The van der Waals surface area contributed by atoms with Gasteiger partial charge in [-0.1, -0.05) is 182 Å². The maximum Gasteiger partial charge on any atom is 0.0619 e. The lowest BCUT2D eigenvalue weighted by molar-refractivity contribution is 1.19. The van der Waals surface area contributed by atoms with Crippen molar-refractivity contribution in [2.45, 2.75) is 0 Å². The van der Waals surface area contributed by atoms with Crippen molar-refractivity contribution in [3.8, 4) is 27.9 Å². The number of rotatable bonds is 6. The van der Waals surface area contributed by atoms with Gasteiger partial charge in [0.2, 0.25) is 0 Å². The lowest BCUT2D eigenvalue weighted by atomic mass is 9.93. The van der Waals surface area contributed by atoms with E-state index < -0.39 is 0 Å². The van der Waals surface area contributed by atoms with Gasteiger partial charge in [-0.15, -0.1) is 0 Å². The van der Waals surface area contributed by atoms with Crippen LogP contribution in [0.3, 0.4) is 0 Å². The molecule has 0 unspecified atom stereocenters. The van der Waals surface area contributed by atoms with E-state index in [0.29, 0.717) is 0 Å². The van der Waals surface area contributed by atoms with E-state index in [2.05, 4.69) is 252 Å². The first-order valence-electron chi connectivity index (χ1n) is 22.1. The van der Waals surface area contributed by atoms with Gasteiger partial charge in [0.25, 0.3) is 0 Å². The highest BCUT2D eigenvalue weighted by atomic mass is 15.1. The zero-order valence-corrected chi connectivity index (χ0v) is 35.0. The normalized spacial score (nSPS) is 11.8. The quantitative estimate of drug-likeness (QED) is 0.152. The number of benzene rings is 12. The molecular formula is C62H40N2. The van der Waals surface area contributed by atoms with Crippen LogP contribution in [0.15, 0.2) is 243 Å². The molecule has 0 fully saturated rings. The smallest absolute Gasteiger partial charge is 0.0619 e. The van der Waals surface area contributed by atoms with Crippen LogP contribution in [0.1, 0.15) is 0 Å². The standard InChI is InChI=1S/C62H40N2/c1-2-15-48(16-3-1)64-61-39-46(30-36-57(61)58-37-29-43-13-5-9-19-54(43)62(58)64)41-24-31-49(32-25-41)63(51-35-28-44-23-22-42-12-4-7-17-52(42)60(44)40-51)50-33-26-45(27-34-50)59-38-47-14-6-8-18-53(47)55-20-10-11-21-56(55)59/h1-40H. The minimum Gasteiger partial charge on any atom is -0.310 e. The zero-order valence-electron chi connectivity index (χ0n) is 35.0. The van der Waals surface area contributed by atoms with Crippen LogP contribution in [0, 0.1) is 0 Å². The summed E-state index contributed by atoms with van der Waals surface area (Å²) in [6.45, 7) is 0. The molecule has 0 aliphatic heterocycles. The highest BCUT2D eigenvalue weighted by Crippen LogP contribution is 2.42. The molecule has 0 aliphatic rings. The molecule has 0 amide bonds. The van der Waals surface area contributed by atoms with Crippen LogP contribution in [0.25, 0.3) is 104 Å². The predicted molar refractivity (Wildman–Crippen MR) is 274 cm³/mol. The molecule has 64 heavy (non-hydrogen) atoms. The second-order valence-corrected chi connectivity index (χ2v) is 16.9. The summed E-state index contributed by atoms with van der Waals surface area (Å²) in [6.07, 6.45) is 0. The molecule has 2 heteroatoms. The maximum atomic E-state index is 2.44. The Kier molecular flexibility index (Phi) is 8.25. The van der Waals surface area contributed by atoms with Crippen molar-refractivity contribution in [1.82, 2.24) is 4.57 Å². The van der Waals surface area contributed by atoms with Gasteiger partial charge in [-0.3, -0.25) is 0 Å². The molecule has 0 radical (unpaired) electrons. The number of fused-ring (bicyclic) bond motifs is 11. The Labute approximate surface area is 371 Å². The molecule has 1 heterocycles. The zero-order chi connectivity index (χ0) is 42.1. The Morgan fingerprint density at radius 3 is 1.50 bits per heavy atom. The summed E-state index contributed by atoms with van der Waals surface area (Å²) in [4.78, 5) is 2.40. The fourth-order valence-corrected chi connectivity index (χ4v) is 10.3. The number of nitrogens with zero attached hydrogens (tertiary/aromatic N) is 2.